The van der Waals surface area contributed by atoms with Gasteiger partial charge in [0.1, 0.15) is 11.9 Å². The fourth-order valence-electron chi connectivity index (χ4n) is 3.44. The Bertz CT molecular complexity index is 1050. The van der Waals surface area contributed by atoms with E-state index in [1.54, 1.807) is 35.8 Å². The van der Waals surface area contributed by atoms with E-state index in [1.807, 2.05) is 54.6 Å². The Kier molecular flexibility index (Phi) is 9.34. The zero-order valence-electron chi connectivity index (χ0n) is 18.3. The number of amides is 2. The highest BCUT2D eigenvalue weighted by molar-refractivity contribution is 7.99. The first-order chi connectivity index (χ1) is 16.0. The summed E-state index contributed by atoms with van der Waals surface area (Å²) in [6, 6.07) is 22.4. The summed E-state index contributed by atoms with van der Waals surface area (Å²) in [4.78, 5) is 28.8. The minimum Gasteiger partial charge on any atom is -0.357 e. The quantitative estimate of drug-likeness (QED) is 0.395. The van der Waals surface area contributed by atoms with E-state index in [9.17, 15) is 14.0 Å². The topological polar surface area (TPSA) is 49.4 Å². The molecule has 172 valence electrons. The highest BCUT2D eigenvalue weighted by Crippen LogP contribution is 2.22. The van der Waals surface area contributed by atoms with Crippen molar-refractivity contribution in [3.05, 3.63) is 101 Å². The molecule has 0 aromatic heterocycles. The maximum Gasteiger partial charge on any atom is 0.242 e. The first kappa shape index (κ1) is 24.8. The molecule has 33 heavy (non-hydrogen) atoms. The first-order valence-electron chi connectivity index (χ1n) is 10.6. The zero-order chi connectivity index (χ0) is 23.6. The van der Waals surface area contributed by atoms with Gasteiger partial charge in [0.05, 0.1) is 0 Å². The number of rotatable bonds is 10. The van der Waals surface area contributed by atoms with Crippen LogP contribution in [0.1, 0.15) is 17.5 Å². The zero-order valence-corrected chi connectivity index (χ0v) is 19.9. The monoisotopic (exact) mass is 484 g/mol. The minimum atomic E-state index is -0.685. The predicted molar refractivity (Wildman–Crippen MR) is 132 cm³/mol. The van der Waals surface area contributed by atoms with E-state index in [2.05, 4.69) is 5.32 Å². The van der Waals surface area contributed by atoms with E-state index in [1.165, 1.54) is 12.1 Å². The average Bonchev–Trinajstić information content (AvgIpc) is 2.83. The summed E-state index contributed by atoms with van der Waals surface area (Å²) in [5.74, 6) is -0.153. The second-order valence-corrected chi connectivity index (χ2v) is 9.13. The van der Waals surface area contributed by atoms with Gasteiger partial charge in [-0.2, -0.15) is 0 Å². The molecule has 1 atom stereocenters. The van der Waals surface area contributed by atoms with Crippen LogP contribution in [0.15, 0.2) is 83.8 Å². The number of hydrogen-bond acceptors (Lipinski definition) is 3. The summed E-state index contributed by atoms with van der Waals surface area (Å²) >= 11 is 7.49. The number of carbonyl (C=O) groups excluding carboxylic acids is 2. The molecule has 0 saturated carbocycles. The van der Waals surface area contributed by atoms with Crippen LogP contribution < -0.4 is 5.32 Å². The molecular weight excluding hydrogens is 459 g/mol. The molecule has 0 saturated heterocycles. The molecule has 0 heterocycles. The van der Waals surface area contributed by atoms with E-state index in [4.69, 9.17) is 11.6 Å². The number of carbonyl (C=O) groups is 2. The Balaban J connectivity index is 1.79. The average molecular weight is 485 g/mol. The highest BCUT2D eigenvalue weighted by atomic mass is 35.5. The van der Waals surface area contributed by atoms with Crippen LogP contribution in [0.4, 0.5) is 4.39 Å². The third kappa shape index (κ3) is 7.62. The lowest BCUT2D eigenvalue weighted by molar-refractivity contribution is -0.140. The maximum absolute atomic E-state index is 13.4. The molecule has 1 N–H and O–H groups in total. The Labute approximate surface area is 203 Å². The van der Waals surface area contributed by atoms with Gasteiger partial charge in [-0.05, 0) is 47.5 Å². The van der Waals surface area contributed by atoms with E-state index >= 15 is 0 Å². The van der Waals surface area contributed by atoms with Gasteiger partial charge in [-0.25, -0.2) is 4.39 Å². The van der Waals surface area contributed by atoms with Gasteiger partial charge in [0, 0.05) is 42.1 Å². The number of benzene rings is 3. The molecule has 0 spiro atoms. The van der Waals surface area contributed by atoms with Crippen LogP contribution in [0.2, 0.25) is 5.02 Å². The molecule has 3 rings (SSSR count). The molecule has 0 aliphatic carbocycles. The third-order valence-electron chi connectivity index (χ3n) is 5.18. The van der Waals surface area contributed by atoms with E-state index in [-0.39, 0.29) is 30.6 Å². The van der Waals surface area contributed by atoms with Crippen molar-refractivity contribution in [3.8, 4) is 0 Å². The van der Waals surface area contributed by atoms with E-state index in [0.717, 1.165) is 16.0 Å². The molecule has 7 heteroatoms. The summed E-state index contributed by atoms with van der Waals surface area (Å²) in [5.41, 5.74) is 1.72. The van der Waals surface area contributed by atoms with Crippen LogP contribution in [0.5, 0.6) is 0 Å². The van der Waals surface area contributed by atoms with E-state index in [0.29, 0.717) is 17.2 Å². The van der Waals surface area contributed by atoms with Gasteiger partial charge in [0.25, 0.3) is 0 Å². The van der Waals surface area contributed by atoms with E-state index < -0.39 is 6.04 Å². The van der Waals surface area contributed by atoms with Crippen molar-refractivity contribution in [1.82, 2.24) is 10.2 Å². The summed E-state index contributed by atoms with van der Waals surface area (Å²) in [6.45, 7) is 0.218. The molecule has 3 aromatic carbocycles. The van der Waals surface area contributed by atoms with Crippen molar-refractivity contribution < 1.29 is 14.0 Å². The Morgan fingerprint density at radius 3 is 2.27 bits per heavy atom. The number of hydrogen-bond donors (Lipinski definition) is 1. The van der Waals surface area contributed by atoms with Gasteiger partial charge in [-0.15, -0.1) is 11.8 Å². The number of nitrogens with one attached hydrogen (secondary N) is 1. The van der Waals surface area contributed by atoms with Crippen LogP contribution >= 0.6 is 23.4 Å². The number of halogens is 2. The number of thioether (sulfide) groups is 1. The summed E-state index contributed by atoms with van der Waals surface area (Å²) in [7, 11) is 1.57. The second kappa shape index (κ2) is 12.4. The lowest BCUT2D eigenvalue weighted by Gasteiger charge is -2.31. The SMILES string of the molecule is CNC(=O)[C@H](Cc1ccccc1)N(Cc1ccc(F)cc1)C(=O)CCSc1ccc(Cl)cc1. The van der Waals surface area contributed by atoms with Crippen LogP contribution in [-0.4, -0.2) is 35.6 Å². The van der Waals surface area contributed by atoms with Gasteiger partial charge in [0.15, 0.2) is 0 Å². The van der Waals surface area contributed by atoms with Gasteiger partial charge >= 0.3 is 0 Å². The van der Waals surface area contributed by atoms with Crippen molar-refractivity contribution in [2.75, 3.05) is 12.8 Å². The van der Waals surface area contributed by atoms with Crippen molar-refractivity contribution in [1.29, 1.82) is 0 Å². The maximum atomic E-state index is 13.4. The van der Waals surface area contributed by atoms with Gasteiger partial charge in [-0.1, -0.05) is 54.1 Å². The molecular formula is C26H26ClFN2O2S. The van der Waals surface area contributed by atoms with Crippen LogP contribution in [-0.2, 0) is 22.6 Å². The molecule has 0 aliphatic rings. The van der Waals surface area contributed by atoms with Crippen molar-refractivity contribution in [3.63, 3.8) is 0 Å². The lowest BCUT2D eigenvalue weighted by Crippen LogP contribution is -2.49. The fourth-order valence-corrected chi connectivity index (χ4v) is 4.40. The smallest absolute Gasteiger partial charge is 0.242 e. The van der Waals surface area contributed by atoms with Gasteiger partial charge < -0.3 is 10.2 Å². The molecule has 4 nitrogen and oxygen atoms in total. The largest absolute Gasteiger partial charge is 0.357 e. The minimum absolute atomic E-state index is 0.134. The molecule has 0 fully saturated rings. The normalized spacial score (nSPS) is 11.6. The Hall–Kier alpha value is -2.83. The van der Waals surface area contributed by atoms with Gasteiger partial charge in [-0.3, -0.25) is 9.59 Å². The molecule has 3 aromatic rings. The van der Waals surface area contributed by atoms with Crippen molar-refractivity contribution >= 4 is 35.2 Å². The number of nitrogens with zero attached hydrogens (tertiary/aromatic N) is 1. The molecule has 0 aliphatic heterocycles. The highest BCUT2D eigenvalue weighted by Gasteiger charge is 2.29. The van der Waals surface area contributed by atoms with Crippen LogP contribution in [0, 0.1) is 5.82 Å². The fraction of sp³-hybridized carbons (Fsp3) is 0.231. The molecule has 0 radical (unpaired) electrons. The molecule has 2 amide bonds. The first-order valence-corrected chi connectivity index (χ1v) is 12.0. The lowest BCUT2D eigenvalue weighted by atomic mass is 10.0. The van der Waals surface area contributed by atoms with Crippen LogP contribution in [0.3, 0.4) is 0 Å². The van der Waals surface area contributed by atoms with Crippen LogP contribution in [0.25, 0.3) is 0 Å². The number of likely N-dealkylation sites (N-methyl/N-ethyl adjacent to an activating group) is 1. The summed E-state index contributed by atoms with van der Waals surface area (Å²) in [5, 5.41) is 3.35. The third-order valence-corrected chi connectivity index (χ3v) is 6.45. The van der Waals surface area contributed by atoms with Gasteiger partial charge in [0.2, 0.25) is 11.8 Å². The standard InChI is InChI=1S/C26H26ClFN2O2S/c1-29-26(32)24(17-19-5-3-2-4-6-19)30(18-20-7-11-22(28)12-8-20)25(31)15-16-33-23-13-9-21(27)10-14-23/h2-14,24H,15-18H2,1H3,(H,29,32)/t24-/m0/s1. The molecule has 0 unspecified atom stereocenters. The summed E-state index contributed by atoms with van der Waals surface area (Å²) < 4.78 is 13.4. The Morgan fingerprint density at radius 1 is 0.970 bits per heavy atom. The molecule has 0 bridgehead atoms. The second-order valence-electron chi connectivity index (χ2n) is 7.52. The predicted octanol–water partition coefficient (Wildman–Crippen LogP) is 5.35. The Morgan fingerprint density at radius 2 is 1.64 bits per heavy atom. The summed E-state index contributed by atoms with van der Waals surface area (Å²) in [6.07, 6.45) is 0.647. The van der Waals surface area contributed by atoms with Crippen molar-refractivity contribution in [2.24, 2.45) is 0 Å². The van der Waals surface area contributed by atoms with Crippen molar-refractivity contribution in [2.45, 2.75) is 30.3 Å².